The van der Waals surface area contributed by atoms with E-state index in [1.807, 2.05) is 20.8 Å². The van der Waals surface area contributed by atoms with Crippen molar-refractivity contribution in [3.8, 4) is 0 Å². The van der Waals surface area contributed by atoms with Crippen LogP contribution < -0.4 is 5.56 Å². The number of nitrogens with zero attached hydrogens (tertiary/aromatic N) is 1. The zero-order valence-corrected chi connectivity index (χ0v) is 10.9. The van der Waals surface area contributed by atoms with Crippen molar-refractivity contribution in [3.63, 3.8) is 0 Å². The first-order valence-electron chi connectivity index (χ1n) is 5.25. The molecule has 0 aromatic carbocycles. The first-order chi connectivity index (χ1) is 7.79. The molecular weight excluding hydrogens is 240 g/mol. The number of nitrogens with one attached hydrogen (secondary N) is 1. The van der Waals surface area contributed by atoms with Gasteiger partial charge in [-0.1, -0.05) is 32.5 Å². The molecule has 0 aliphatic carbocycles. The lowest BCUT2D eigenvalue weighted by Gasteiger charge is -2.17. The van der Waals surface area contributed by atoms with E-state index in [0.717, 1.165) is 0 Å². The largest absolute Gasteiger partial charge is 0.481 e. The summed E-state index contributed by atoms with van der Waals surface area (Å²) in [6.07, 6.45) is 0.0497. The third-order valence-electron chi connectivity index (χ3n) is 2.04. The monoisotopic (exact) mass is 256 g/mol. The van der Waals surface area contributed by atoms with Gasteiger partial charge in [0, 0.05) is 17.2 Å². The Hall–Kier alpha value is -1.30. The standard InChI is InChI=1S/C11H16N2O3S/c1-11(2,3)7-6-8(14)13-10(12-7)17-5-4-9(15)16/h6H,4-5H2,1-3H3,(H,15,16)(H,12,13,14). The van der Waals surface area contributed by atoms with Crippen molar-refractivity contribution < 1.29 is 9.90 Å². The minimum atomic E-state index is -0.855. The zero-order chi connectivity index (χ0) is 13.1. The molecule has 6 heteroatoms. The highest BCUT2D eigenvalue weighted by molar-refractivity contribution is 7.99. The predicted octanol–water partition coefficient (Wildman–Crippen LogP) is 1.63. The highest BCUT2D eigenvalue weighted by Crippen LogP contribution is 2.21. The molecule has 0 fully saturated rings. The Balaban J connectivity index is 2.83. The van der Waals surface area contributed by atoms with E-state index in [4.69, 9.17) is 5.11 Å². The smallest absolute Gasteiger partial charge is 0.304 e. The number of hydrogen-bond donors (Lipinski definition) is 2. The van der Waals surface area contributed by atoms with E-state index in [1.54, 1.807) is 0 Å². The Labute approximate surface area is 104 Å². The molecule has 2 N–H and O–H groups in total. The number of aromatic nitrogens is 2. The Bertz CT molecular complexity index is 463. The fourth-order valence-electron chi connectivity index (χ4n) is 1.12. The van der Waals surface area contributed by atoms with Crippen molar-refractivity contribution in [2.45, 2.75) is 37.8 Å². The third kappa shape index (κ3) is 4.60. The number of thioether (sulfide) groups is 1. The maximum atomic E-state index is 11.4. The number of rotatable bonds is 4. The van der Waals surface area contributed by atoms with Gasteiger partial charge in [-0.3, -0.25) is 9.59 Å². The maximum Gasteiger partial charge on any atom is 0.304 e. The average Bonchev–Trinajstić information content (AvgIpc) is 2.14. The SMILES string of the molecule is CC(C)(C)c1cc(=O)[nH]c(SCCC(=O)O)n1. The second-order valence-electron chi connectivity index (χ2n) is 4.68. The lowest BCUT2D eigenvalue weighted by Crippen LogP contribution is -2.19. The second kappa shape index (κ2) is 5.35. The van der Waals surface area contributed by atoms with E-state index in [-0.39, 0.29) is 17.4 Å². The molecule has 1 aromatic rings. The normalized spacial score (nSPS) is 11.5. The van der Waals surface area contributed by atoms with Gasteiger partial charge in [0.15, 0.2) is 5.16 Å². The van der Waals surface area contributed by atoms with Crippen molar-refractivity contribution in [2.75, 3.05) is 5.75 Å². The van der Waals surface area contributed by atoms with E-state index < -0.39 is 5.97 Å². The van der Waals surface area contributed by atoms with Crippen LogP contribution in [0.15, 0.2) is 16.0 Å². The van der Waals surface area contributed by atoms with Crippen molar-refractivity contribution in [1.29, 1.82) is 0 Å². The number of aromatic amines is 1. The number of carboxylic acids is 1. The molecule has 0 radical (unpaired) electrons. The fraction of sp³-hybridized carbons (Fsp3) is 0.545. The Morgan fingerprint density at radius 2 is 2.18 bits per heavy atom. The molecule has 0 amide bonds. The van der Waals surface area contributed by atoms with Gasteiger partial charge in [0.05, 0.1) is 12.1 Å². The van der Waals surface area contributed by atoms with Crippen LogP contribution >= 0.6 is 11.8 Å². The van der Waals surface area contributed by atoms with Gasteiger partial charge in [0.2, 0.25) is 0 Å². The van der Waals surface area contributed by atoms with Gasteiger partial charge in [-0.2, -0.15) is 0 Å². The highest BCUT2D eigenvalue weighted by Gasteiger charge is 2.17. The quantitative estimate of drug-likeness (QED) is 0.632. The van der Waals surface area contributed by atoms with Gasteiger partial charge in [-0.15, -0.1) is 0 Å². The van der Waals surface area contributed by atoms with E-state index in [0.29, 0.717) is 16.6 Å². The molecule has 94 valence electrons. The average molecular weight is 256 g/mol. The Kier molecular flexibility index (Phi) is 4.34. The molecule has 1 aromatic heterocycles. The van der Waals surface area contributed by atoms with E-state index >= 15 is 0 Å². The number of carbonyl (C=O) groups is 1. The van der Waals surface area contributed by atoms with E-state index in [2.05, 4.69) is 9.97 Å². The summed E-state index contributed by atoms with van der Waals surface area (Å²) in [6.45, 7) is 5.92. The minimum Gasteiger partial charge on any atom is -0.481 e. The summed E-state index contributed by atoms with van der Waals surface area (Å²) < 4.78 is 0. The fourth-order valence-corrected chi connectivity index (χ4v) is 1.93. The molecule has 1 rings (SSSR count). The first-order valence-corrected chi connectivity index (χ1v) is 6.24. The Morgan fingerprint density at radius 3 is 2.71 bits per heavy atom. The highest BCUT2D eigenvalue weighted by atomic mass is 32.2. The van der Waals surface area contributed by atoms with Crippen LogP contribution in [0, 0.1) is 0 Å². The molecule has 0 spiro atoms. The van der Waals surface area contributed by atoms with Gasteiger partial charge in [-0.25, -0.2) is 4.98 Å². The van der Waals surface area contributed by atoms with Crippen molar-refractivity contribution >= 4 is 17.7 Å². The summed E-state index contributed by atoms with van der Waals surface area (Å²) in [7, 11) is 0. The zero-order valence-electron chi connectivity index (χ0n) is 10.1. The van der Waals surface area contributed by atoms with Crippen molar-refractivity contribution in [2.24, 2.45) is 0 Å². The van der Waals surface area contributed by atoms with Gasteiger partial charge in [-0.05, 0) is 0 Å². The number of aliphatic carboxylic acids is 1. The lowest BCUT2D eigenvalue weighted by atomic mass is 9.92. The molecule has 0 aliphatic rings. The topological polar surface area (TPSA) is 83.0 Å². The first kappa shape index (κ1) is 13.8. The van der Waals surface area contributed by atoms with Gasteiger partial charge < -0.3 is 10.1 Å². The van der Waals surface area contributed by atoms with Crippen LogP contribution in [0.25, 0.3) is 0 Å². The number of H-pyrrole nitrogens is 1. The molecule has 5 nitrogen and oxygen atoms in total. The molecule has 0 atom stereocenters. The molecule has 0 bridgehead atoms. The van der Waals surface area contributed by atoms with Crippen LogP contribution in [0.1, 0.15) is 32.9 Å². The van der Waals surface area contributed by atoms with Crippen LogP contribution in [-0.2, 0) is 10.2 Å². The summed E-state index contributed by atoms with van der Waals surface area (Å²) in [5.41, 5.74) is 0.304. The summed E-state index contributed by atoms with van der Waals surface area (Å²) >= 11 is 1.25. The summed E-state index contributed by atoms with van der Waals surface area (Å²) in [5, 5.41) is 9.00. The molecular formula is C11H16N2O3S. The predicted molar refractivity (Wildman–Crippen MR) is 66.5 cm³/mol. The van der Waals surface area contributed by atoms with Crippen LogP contribution in [0.3, 0.4) is 0 Å². The number of hydrogen-bond acceptors (Lipinski definition) is 4. The number of carboxylic acid groups (broad SMARTS) is 1. The van der Waals surface area contributed by atoms with E-state index in [9.17, 15) is 9.59 Å². The second-order valence-corrected chi connectivity index (χ2v) is 5.76. The van der Waals surface area contributed by atoms with Crippen LogP contribution in [0.4, 0.5) is 0 Å². The van der Waals surface area contributed by atoms with Crippen LogP contribution in [0.2, 0.25) is 0 Å². The van der Waals surface area contributed by atoms with Gasteiger partial charge >= 0.3 is 5.97 Å². The summed E-state index contributed by atoms with van der Waals surface area (Å²) in [5.74, 6) is -0.460. The van der Waals surface area contributed by atoms with Crippen molar-refractivity contribution in [3.05, 3.63) is 22.1 Å². The third-order valence-corrected chi connectivity index (χ3v) is 2.92. The van der Waals surface area contributed by atoms with Gasteiger partial charge in [0.1, 0.15) is 0 Å². The molecule has 0 saturated heterocycles. The molecule has 0 unspecified atom stereocenters. The maximum absolute atomic E-state index is 11.4. The van der Waals surface area contributed by atoms with Crippen LogP contribution in [0.5, 0.6) is 0 Å². The van der Waals surface area contributed by atoms with E-state index in [1.165, 1.54) is 17.8 Å². The minimum absolute atomic E-state index is 0.0497. The Morgan fingerprint density at radius 1 is 1.53 bits per heavy atom. The summed E-state index contributed by atoms with van der Waals surface area (Å²) in [6, 6.07) is 1.47. The van der Waals surface area contributed by atoms with Crippen molar-refractivity contribution in [1.82, 2.24) is 9.97 Å². The molecule has 0 saturated carbocycles. The lowest BCUT2D eigenvalue weighted by molar-refractivity contribution is -0.136. The van der Waals surface area contributed by atoms with Crippen LogP contribution in [-0.4, -0.2) is 26.8 Å². The molecule has 0 aliphatic heterocycles. The molecule has 1 heterocycles. The molecule has 17 heavy (non-hydrogen) atoms. The summed E-state index contributed by atoms with van der Waals surface area (Å²) in [4.78, 5) is 28.7. The van der Waals surface area contributed by atoms with Gasteiger partial charge in [0.25, 0.3) is 5.56 Å².